The first kappa shape index (κ1) is 35.2. The van der Waals surface area contributed by atoms with Crippen molar-refractivity contribution in [1.29, 1.82) is 0 Å². The molecule has 214 valence electrons. The molecule has 0 aliphatic carbocycles. The van der Waals surface area contributed by atoms with E-state index in [1.807, 2.05) is 0 Å². The minimum atomic E-state index is -0.164. The number of aliphatic hydroxyl groups excluding tert-OH is 1. The van der Waals surface area contributed by atoms with Gasteiger partial charge >= 0.3 is 5.97 Å². The standard InChI is InChI=1S/C33H64O3/c1-3-5-7-9-10-11-12-13-14-17-20-23-27-31-36-33(35)30-26-22-19-16-15-18-21-25-29-32(34)28-24-8-6-4-2/h21,25,32,34H,3-20,22-24,26-31H2,1-2H3/b25-21-/t32-/m1/s1. The van der Waals surface area contributed by atoms with E-state index >= 15 is 0 Å². The number of allylic oxidation sites excluding steroid dienone is 1. The molecule has 3 heteroatoms. The number of aliphatic hydroxyl groups is 1. The topological polar surface area (TPSA) is 46.5 Å². The number of hydrogen-bond acceptors (Lipinski definition) is 3. The number of carbonyl (C=O) groups is 1. The van der Waals surface area contributed by atoms with Gasteiger partial charge in [-0.2, -0.15) is 0 Å². The first-order valence-electron chi connectivity index (χ1n) is 16.2. The largest absolute Gasteiger partial charge is 0.466 e. The molecule has 0 saturated carbocycles. The maximum absolute atomic E-state index is 11.9. The molecule has 1 atom stereocenters. The van der Waals surface area contributed by atoms with Crippen LogP contribution in [0.2, 0.25) is 0 Å². The molecule has 0 fully saturated rings. The molecular weight excluding hydrogens is 444 g/mol. The number of esters is 1. The molecule has 0 aromatic carbocycles. The Hall–Kier alpha value is -0.830. The van der Waals surface area contributed by atoms with Crippen molar-refractivity contribution in [3.8, 4) is 0 Å². The highest BCUT2D eigenvalue weighted by Crippen LogP contribution is 2.13. The molecule has 1 N–H and O–H groups in total. The SMILES string of the molecule is CCCCCCCCCCCCCCCOC(=O)CCCCCCC/C=C\C[C@H](O)CCCCCC. The summed E-state index contributed by atoms with van der Waals surface area (Å²) in [6.07, 6.45) is 35.7. The fraction of sp³-hybridized carbons (Fsp3) is 0.909. The number of carbonyl (C=O) groups excluding carboxylic acids is 1. The summed E-state index contributed by atoms with van der Waals surface area (Å²) in [7, 11) is 0. The molecule has 0 saturated heterocycles. The fourth-order valence-electron chi connectivity index (χ4n) is 4.74. The summed E-state index contributed by atoms with van der Waals surface area (Å²) in [5, 5.41) is 9.96. The molecule has 0 unspecified atom stereocenters. The maximum Gasteiger partial charge on any atom is 0.305 e. The van der Waals surface area contributed by atoms with Gasteiger partial charge in [0, 0.05) is 6.42 Å². The lowest BCUT2D eigenvalue weighted by Gasteiger charge is -2.07. The average Bonchev–Trinajstić information content (AvgIpc) is 2.88. The summed E-state index contributed by atoms with van der Waals surface area (Å²) in [6.45, 7) is 5.10. The van der Waals surface area contributed by atoms with Gasteiger partial charge in [0.1, 0.15) is 0 Å². The van der Waals surface area contributed by atoms with Crippen LogP contribution in [0.4, 0.5) is 0 Å². The van der Waals surface area contributed by atoms with Crippen LogP contribution >= 0.6 is 0 Å². The molecule has 0 bridgehead atoms. The van der Waals surface area contributed by atoms with E-state index in [2.05, 4.69) is 26.0 Å². The summed E-state index contributed by atoms with van der Waals surface area (Å²) < 4.78 is 5.40. The van der Waals surface area contributed by atoms with E-state index in [0.29, 0.717) is 13.0 Å². The highest BCUT2D eigenvalue weighted by atomic mass is 16.5. The first-order chi connectivity index (χ1) is 17.7. The van der Waals surface area contributed by atoms with Crippen LogP contribution in [0.3, 0.4) is 0 Å². The van der Waals surface area contributed by atoms with Gasteiger partial charge in [-0.1, -0.05) is 148 Å². The van der Waals surface area contributed by atoms with Crippen LogP contribution < -0.4 is 0 Å². The Morgan fingerprint density at radius 3 is 1.67 bits per heavy atom. The van der Waals surface area contributed by atoms with Crippen LogP contribution in [0.25, 0.3) is 0 Å². The van der Waals surface area contributed by atoms with Gasteiger partial charge in [-0.15, -0.1) is 0 Å². The zero-order chi connectivity index (χ0) is 26.4. The van der Waals surface area contributed by atoms with Crippen LogP contribution in [0.5, 0.6) is 0 Å². The minimum Gasteiger partial charge on any atom is -0.466 e. The molecular formula is C33H64O3. The van der Waals surface area contributed by atoms with E-state index in [4.69, 9.17) is 4.74 Å². The van der Waals surface area contributed by atoms with Crippen LogP contribution in [0, 0.1) is 0 Å². The van der Waals surface area contributed by atoms with Gasteiger partial charge in [-0.25, -0.2) is 0 Å². The highest BCUT2D eigenvalue weighted by molar-refractivity contribution is 5.69. The van der Waals surface area contributed by atoms with Gasteiger partial charge in [0.2, 0.25) is 0 Å². The normalized spacial score (nSPS) is 12.4. The quantitative estimate of drug-likeness (QED) is 0.0620. The third-order valence-corrected chi connectivity index (χ3v) is 7.23. The molecule has 0 aliphatic heterocycles. The molecule has 0 aliphatic rings. The molecule has 0 spiro atoms. The van der Waals surface area contributed by atoms with Crippen molar-refractivity contribution in [1.82, 2.24) is 0 Å². The van der Waals surface area contributed by atoms with Crippen molar-refractivity contribution in [3.05, 3.63) is 12.2 Å². The Labute approximate surface area is 226 Å². The molecule has 3 nitrogen and oxygen atoms in total. The summed E-state index contributed by atoms with van der Waals surface area (Å²) >= 11 is 0. The van der Waals surface area contributed by atoms with E-state index in [9.17, 15) is 9.90 Å². The highest BCUT2D eigenvalue weighted by Gasteiger charge is 2.03. The second-order valence-electron chi connectivity index (χ2n) is 11.0. The summed E-state index contributed by atoms with van der Waals surface area (Å²) in [5.74, 6) is -0.00915. The van der Waals surface area contributed by atoms with E-state index in [1.165, 1.54) is 116 Å². The van der Waals surface area contributed by atoms with E-state index in [-0.39, 0.29) is 12.1 Å². The van der Waals surface area contributed by atoms with Gasteiger partial charge in [-0.3, -0.25) is 4.79 Å². The van der Waals surface area contributed by atoms with Crippen LogP contribution in [0.15, 0.2) is 12.2 Å². The lowest BCUT2D eigenvalue weighted by atomic mass is 10.0. The van der Waals surface area contributed by atoms with Gasteiger partial charge in [0.15, 0.2) is 0 Å². The molecule has 36 heavy (non-hydrogen) atoms. The zero-order valence-corrected chi connectivity index (χ0v) is 24.6. The number of unbranched alkanes of at least 4 members (excludes halogenated alkanes) is 20. The lowest BCUT2D eigenvalue weighted by molar-refractivity contribution is -0.143. The fourth-order valence-corrected chi connectivity index (χ4v) is 4.74. The van der Waals surface area contributed by atoms with Crippen molar-refractivity contribution in [2.45, 2.75) is 187 Å². The first-order valence-corrected chi connectivity index (χ1v) is 16.2. The van der Waals surface area contributed by atoms with Crippen molar-refractivity contribution < 1.29 is 14.6 Å². The van der Waals surface area contributed by atoms with E-state index in [1.54, 1.807) is 0 Å². The predicted octanol–water partition coefficient (Wildman–Crippen LogP) is 10.6. The molecule has 0 heterocycles. The third kappa shape index (κ3) is 29.4. The monoisotopic (exact) mass is 508 g/mol. The van der Waals surface area contributed by atoms with Crippen molar-refractivity contribution >= 4 is 5.97 Å². The summed E-state index contributed by atoms with van der Waals surface area (Å²) in [5.41, 5.74) is 0. The predicted molar refractivity (Wildman–Crippen MR) is 157 cm³/mol. The van der Waals surface area contributed by atoms with Gasteiger partial charge < -0.3 is 9.84 Å². The van der Waals surface area contributed by atoms with Gasteiger partial charge in [0.25, 0.3) is 0 Å². The molecule has 0 aromatic rings. The Kier molecular flexibility index (Phi) is 29.7. The van der Waals surface area contributed by atoms with E-state index < -0.39 is 0 Å². The Bertz CT molecular complexity index is 460. The number of rotatable bonds is 29. The molecule has 0 aromatic heterocycles. The van der Waals surface area contributed by atoms with Gasteiger partial charge in [-0.05, 0) is 38.5 Å². The van der Waals surface area contributed by atoms with Crippen LogP contribution in [-0.2, 0) is 9.53 Å². The summed E-state index contributed by atoms with van der Waals surface area (Å²) in [4.78, 5) is 11.9. The van der Waals surface area contributed by atoms with Crippen molar-refractivity contribution in [2.75, 3.05) is 6.61 Å². The van der Waals surface area contributed by atoms with Crippen LogP contribution in [-0.4, -0.2) is 23.8 Å². The summed E-state index contributed by atoms with van der Waals surface area (Å²) in [6, 6.07) is 0. The second-order valence-corrected chi connectivity index (χ2v) is 11.0. The Balaban J connectivity index is 3.26. The average molecular weight is 509 g/mol. The van der Waals surface area contributed by atoms with Crippen molar-refractivity contribution in [3.63, 3.8) is 0 Å². The molecule has 0 rings (SSSR count). The molecule has 0 amide bonds. The minimum absolute atomic E-state index is 0.00915. The molecule has 0 radical (unpaired) electrons. The van der Waals surface area contributed by atoms with Crippen molar-refractivity contribution in [2.24, 2.45) is 0 Å². The maximum atomic E-state index is 11.9. The zero-order valence-electron chi connectivity index (χ0n) is 24.6. The Morgan fingerprint density at radius 1 is 0.611 bits per heavy atom. The van der Waals surface area contributed by atoms with E-state index in [0.717, 1.165) is 44.9 Å². The van der Waals surface area contributed by atoms with Crippen LogP contribution in [0.1, 0.15) is 181 Å². The van der Waals surface area contributed by atoms with Gasteiger partial charge in [0.05, 0.1) is 12.7 Å². The second kappa shape index (κ2) is 30.4. The number of hydrogen-bond donors (Lipinski definition) is 1. The third-order valence-electron chi connectivity index (χ3n) is 7.23. The number of ether oxygens (including phenoxy) is 1. The smallest absolute Gasteiger partial charge is 0.305 e. The Morgan fingerprint density at radius 2 is 1.08 bits per heavy atom. The lowest BCUT2D eigenvalue weighted by Crippen LogP contribution is -2.05.